The summed E-state index contributed by atoms with van der Waals surface area (Å²) in [5, 5.41) is 0. The lowest BCUT2D eigenvalue weighted by Gasteiger charge is -2.09. The van der Waals surface area contributed by atoms with Crippen molar-refractivity contribution >= 4 is 11.9 Å². The van der Waals surface area contributed by atoms with E-state index in [1.807, 2.05) is 0 Å². The van der Waals surface area contributed by atoms with Crippen LogP contribution in [0.5, 0.6) is 0 Å². The van der Waals surface area contributed by atoms with E-state index in [0.29, 0.717) is 110 Å². The number of carbonyl (C=O) groups is 2. The molecule has 0 amide bonds. The highest BCUT2D eigenvalue weighted by atomic mass is 16.7. The highest BCUT2D eigenvalue weighted by Crippen LogP contribution is 1.93. The number of esters is 2. The monoisotopic (exact) mass is 536 g/mol. The molecule has 0 saturated carbocycles. The molecule has 0 bridgehead atoms. The molecule has 0 atom stereocenters. The molecule has 12 heteroatoms. The maximum Gasteiger partial charge on any atom is 0.335 e. The Bertz CT molecular complexity index is 546. The van der Waals surface area contributed by atoms with Crippen molar-refractivity contribution in [3.05, 3.63) is 24.3 Å². The average Bonchev–Trinajstić information content (AvgIpc) is 2.87. The summed E-state index contributed by atoms with van der Waals surface area (Å²) in [6.45, 7) is 16.7. The van der Waals surface area contributed by atoms with Crippen molar-refractivity contribution in [2.75, 3.05) is 113 Å². The van der Waals surface area contributed by atoms with Gasteiger partial charge in [-0.15, -0.1) is 0 Å². The van der Waals surface area contributed by atoms with Crippen LogP contribution in [0.1, 0.15) is 13.8 Å². The summed E-state index contributed by atoms with van der Waals surface area (Å²) in [5.41, 5.74) is 0.695. The van der Waals surface area contributed by atoms with Gasteiger partial charge in [0.25, 0.3) is 0 Å². The summed E-state index contributed by atoms with van der Waals surface area (Å²) < 4.78 is 52.4. The molecule has 12 nitrogen and oxygen atoms in total. The highest BCUT2D eigenvalue weighted by molar-refractivity contribution is 5.87. The first-order chi connectivity index (χ1) is 17.9. The third kappa shape index (κ3) is 27.0. The van der Waals surface area contributed by atoms with Crippen LogP contribution >= 0.6 is 0 Å². The molecule has 216 valence electrons. The SMILES string of the molecule is C=C(C)C(=O)OCCOCCOCCOCCOCCOCCOCCOCCOCOC(=O)C(=C)C. The van der Waals surface area contributed by atoms with E-state index in [9.17, 15) is 9.59 Å². The van der Waals surface area contributed by atoms with E-state index < -0.39 is 11.9 Å². The van der Waals surface area contributed by atoms with Gasteiger partial charge in [0.05, 0.1) is 99.1 Å². The van der Waals surface area contributed by atoms with Gasteiger partial charge in [-0.1, -0.05) is 13.2 Å². The largest absolute Gasteiger partial charge is 0.460 e. The molecule has 0 radical (unpaired) electrons. The van der Waals surface area contributed by atoms with E-state index in [4.69, 9.17) is 47.4 Å². The maximum absolute atomic E-state index is 11.1. The van der Waals surface area contributed by atoms with Crippen LogP contribution in [-0.2, 0) is 57.0 Å². The Morgan fingerprint density at radius 3 is 0.946 bits per heavy atom. The van der Waals surface area contributed by atoms with Crippen LogP contribution in [0.3, 0.4) is 0 Å². The van der Waals surface area contributed by atoms with Gasteiger partial charge in [-0.05, 0) is 13.8 Å². The van der Waals surface area contributed by atoms with Gasteiger partial charge >= 0.3 is 11.9 Å². The molecule has 0 aliphatic heterocycles. The molecule has 0 aromatic heterocycles. The second-order valence-corrected chi connectivity index (χ2v) is 7.44. The van der Waals surface area contributed by atoms with Gasteiger partial charge in [-0.2, -0.15) is 0 Å². The van der Waals surface area contributed by atoms with E-state index >= 15 is 0 Å². The summed E-state index contributed by atoms with van der Waals surface area (Å²) >= 11 is 0. The molecule has 0 unspecified atom stereocenters. The normalized spacial score (nSPS) is 10.9. The van der Waals surface area contributed by atoms with Gasteiger partial charge < -0.3 is 47.4 Å². The zero-order valence-corrected chi connectivity index (χ0v) is 22.3. The quantitative estimate of drug-likeness (QED) is 0.0619. The lowest BCUT2D eigenvalue weighted by molar-refractivity contribution is -0.152. The van der Waals surface area contributed by atoms with Crippen molar-refractivity contribution < 1.29 is 57.0 Å². The summed E-state index contributed by atoms with van der Waals surface area (Å²) in [7, 11) is 0. The molecular formula is C25H44O12. The van der Waals surface area contributed by atoms with Gasteiger partial charge in [-0.25, -0.2) is 9.59 Å². The minimum atomic E-state index is -0.479. The van der Waals surface area contributed by atoms with Gasteiger partial charge in [-0.3, -0.25) is 0 Å². The minimum absolute atomic E-state index is 0.119. The lowest BCUT2D eigenvalue weighted by atomic mass is 10.4. The maximum atomic E-state index is 11.1. The van der Waals surface area contributed by atoms with Crippen molar-refractivity contribution in [1.29, 1.82) is 0 Å². The van der Waals surface area contributed by atoms with Crippen LogP contribution in [0, 0.1) is 0 Å². The van der Waals surface area contributed by atoms with Gasteiger partial charge in [0.2, 0.25) is 0 Å². The van der Waals surface area contributed by atoms with Crippen LogP contribution in [-0.4, -0.2) is 124 Å². The minimum Gasteiger partial charge on any atom is -0.460 e. The Hall–Kier alpha value is -1.90. The topological polar surface area (TPSA) is 126 Å². The smallest absolute Gasteiger partial charge is 0.335 e. The molecule has 0 fully saturated rings. The Morgan fingerprint density at radius 1 is 0.405 bits per heavy atom. The van der Waals surface area contributed by atoms with E-state index in [2.05, 4.69) is 13.2 Å². The number of carbonyl (C=O) groups excluding carboxylic acids is 2. The first-order valence-electron chi connectivity index (χ1n) is 12.2. The van der Waals surface area contributed by atoms with Crippen molar-refractivity contribution in [2.24, 2.45) is 0 Å². The number of hydrogen-bond donors (Lipinski definition) is 0. The van der Waals surface area contributed by atoms with Crippen molar-refractivity contribution in [2.45, 2.75) is 13.8 Å². The third-order valence-corrected chi connectivity index (χ3v) is 4.04. The summed E-state index contributed by atoms with van der Waals surface area (Å²) in [6, 6.07) is 0. The molecular weight excluding hydrogens is 492 g/mol. The highest BCUT2D eigenvalue weighted by Gasteiger charge is 2.02. The van der Waals surface area contributed by atoms with Gasteiger partial charge in [0, 0.05) is 11.1 Å². The zero-order chi connectivity index (χ0) is 27.4. The summed E-state index contributed by atoms with van der Waals surface area (Å²) in [5.74, 6) is -0.896. The molecule has 0 spiro atoms. The van der Waals surface area contributed by atoms with Crippen LogP contribution in [0.25, 0.3) is 0 Å². The van der Waals surface area contributed by atoms with Crippen molar-refractivity contribution in [3.63, 3.8) is 0 Å². The molecule has 0 aromatic carbocycles. The summed E-state index contributed by atoms with van der Waals surface area (Å²) in [4.78, 5) is 22.3. The van der Waals surface area contributed by atoms with E-state index in [0.717, 1.165) is 0 Å². The molecule has 0 heterocycles. The Morgan fingerprint density at radius 2 is 0.649 bits per heavy atom. The average molecular weight is 537 g/mol. The third-order valence-electron chi connectivity index (χ3n) is 4.04. The van der Waals surface area contributed by atoms with Crippen molar-refractivity contribution in [3.8, 4) is 0 Å². The second-order valence-electron chi connectivity index (χ2n) is 7.44. The van der Waals surface area contributed by atoms with Crippen LogP contribution < -0.4 is 0 Å². The fourth-order valence-corrected chi connectivity index (χ4v) is 2.13. The molecule has 0 rings (SSSR count). The Balaban J connectivity index is 3.11. The summed E-state index contributed by atoms with van der Waals surface area (Å²) in [6.07, 6.45) is 0. The number of rotatable bonds is 28. The standard InChI is InChI=1S/C25H44O12/c1-22(2)24(26)36-20-19-34-16-15-32-12-11-30-8-7-28-5-6-29-9-10-31-13-14-33-17-18-35-21-37-25(27)23(3)4/h1,3,5-21H2,2,4H3. The van der Waals surface area contributed by atoms with Crippen LogP contribution in [0.15, 0.2) is 24.3 Å². The van der Waals surface area contributed by atoms with Gasteiger partial charge in [0.1, 0.15) is 6.61 Å². The van der Waals surface area contributed by atoms with Crippen LogP contribution in [0.4, 0.5) is 0 Å². The first kappa shape index (κ1) is 35.1. The fourth-order valence-electron chi connectivity index (χ4n) is 2.13. The van der Waals surface area contributed by atoms with E-state index in [1.165, 1.54) is 0 Å². The molecule has 0 saturated heterocycles. The molecule has 0 N–H and O–H groups in total. The van der Waals surface area contributed by atoms with Gasteiger partial charge in [0.15, 0.2) is 6.79 Å². The first-order valence-corrected chi connectivity index (χ1v) is 12.2. The van der Waals surface area contributed by atoms with E-state index in [1.54, 1.807) is 13.8 Å². The van der Waals surface area contributed by atoms with Crippen LogP contribution in [0.2, 0.25) is 0 Å². The number of ether oxygens (including phenoxy) is 10. The number of hydrogen-bond acceptors (Lipinski definition) is 12. The predicted molar refractivity (Wildman–Crippen MR) is 133 cm³/mol. The van der Waals surface area contributed by atoms with E-state index in [-0.39, 0.29) is 13.4 Å². The predicted octanol–water partition coefficient (Wildman–Crippen LogP) is 1.32. The fraction of sp³-hybridized carbons (Fsp3) is 0.760. The van der Waals surface area contributed by atoms with Crippen molar-refractivity contribution in [1.82, 2.24) is 0 Å². The molecule has 0 aliphatic rings. The molecule has 0 aliphatic carbocycles. The Labute approximate surface area is 220 Å². The second kappa shape index (κ2) is 27.1. The zero-order valence-electron chi connectivity index (χ0n) is 22.3. The Kier molecular flexibility index (Phi) is 25.7. The lowest BCUT2D eigenvalue weighted by Crippen LogP contribution is -2.15. The molecule has 37 heavy (non-hydrogen) atoms. The molecule has 0 aromatic rings.